The van der Waals surface area contributed by atoms with Crippen LogP contribution >= 0.6 is 0 Å². The summed E-state index contributed by atoms with van der Waals surface area (Å²) in [4.78, 5) is 8.76. The Bertz CT molecular complexity index is 777. The maximum atomic E-state index is 7.52. The fourth-order valence-corrected chi connectivity index (χ4v) is 2.35. The van der Waals surface area contributed by atoms with Crippen LogP contribution < -0.4 is 5.73 Å². The van der Waals surface area contributed by atoms with Gasteiger partial charge in [-0.25, -0.2) is 4.98 Å². The van der Waals surface area contributed by atoms with Crippen LogP contribution in [-0.2, 0) is 13.0 Å². The Morgan fingerprint density at radius 2 is 2.00 bits per heavy atom. The minimum absolute atomic E-state index is 0.0844. The summed E-state index contributed by atoms with van der Waals surface area (Å²) in [5.74, 6) is 1.05. The Labute approximate surface area is 129 Å². The summed E-state index contributed by atoms with van der Waals surface area (Å²) in [5, 5.41) is 7.52. The third-order valence-electron chi connectivity index (χ3n) is 3.46. The summed E-state index contributed by atoms with van der Waals surface area (Å²) < 4.78 is 2.09. The molecule has 22 heavy (non-hydrogen) atoms. The number of imidazole rings is 1. The molecule has 0 fully saturated rings. The first-order valence-corrected chi connectivity index (χ1v) is 7.05. The first kappa shape index (κ1) is 14.0. The van der Waals surface area contributed by atoms with E-state index < -0.39 is 0 Å². The molecule has 0 unspecified atom stereocenters. The van der Waals surface area contributed by atoms with E-state index in [0.717, 1.165) is 22.6 Å². The normalized spacial score (nSPS) is 10.5. The molecule has 5 heteroatoms. The van der Waals surface area contributed by atoms with Crippen molar-refractivity contribution >= 4 is 5.84 Å². The van der Waals surface area contributed by atoms with E-state index in [1.165, 1.54) is 0 Å². The molecule has 2 aromatic heterocycles. The van der Waals surface area contributed by atoms with Gasteiger partial charge in [-0.05, 0) is 23.8 Å². The van der Waals surface area contributed by atoms with Gasteiger partial charge in [-0.2, -0.15) is 0 Å². The predicted octanol–water partition coefficient (Wildman–Crippen LogP) is 2.20. The number of pyridine rings is 1. The fourth-order valence-electron chi connectivity index (χ4n) is 2.35. The van der Waals surface area contributed by atoms with Crippen LogP contribution in [0.4, 0.5) is 0 Å². The van der Waals surface area contributed by atoms with Gasteiger partial charge >= 0.3 is 0 Å². The largest absolute Gasteiger partial charge is 0.384 e. The Morgan fingerprint density at radius 1 is 1.09 bits per heavy atom. The van der Waals surface area contributed by atoms with Crippen LogP contribution in [0.3, 0.4) is 0 Å². The lowest BCUT2D eigenvalue weighted by Crippen LogP contribution is -2.12. The minimum Gasteiger partial charge on any atom is -0.384 e. The van der Waals surface area contributed by atoms with Gasteiger partial charge in [0, 0.05) is 42.8 Å². The van der Waals surface area contributed by atoms with E-state index >= 15 is 0 Å². The highest BCUT2D eigenvalue weighted by atomic mass is 15.1. The van der Waals surface area contributed by atoms with E-state index in [2.05, 4.69) is 14.5 Å². The SMILES string of the molecule is N=C(N)c1cccc(Cn2ccnc2Cc2ccccn2)c1. The molecule has 3 rings (SSSR count). The molecule has 0 aliphatic heterocycles. The second kappa shape index (κ2) is 6.22. The van der Waals surface area contributed by atoms with Crippen molar-refractivity contribution in [3.8, 4) is 0 Å². The van der Waals surface area contributed by atoms with Gasteiger partial charge in [-0.15, -0.1) is 0 Å². The Balaban J connectivity index is 1.80. The molecule has 2 heterocycles. The van der Waals surface area contributed by atoms with Gasteiger partial charge in [-0.3, -0.25) is 10.4 Å². The van der Waals surface area contributed by atoms with Crippen molar-refractivity contribution < 1.29 is 0 Å². The van der Waals surface area contributed by atoms with Gasteiger partial charge in [0.05, 0.1) is 0 Å². The standard InChI is InChI=1S/C17H17N5/c18-17(19)14-5-3-4-13(10-14)12-22-9-8-21-16(22)11-15-6-1-2-7-20-15/h1-10H,11-12H2,(H3,18,19). The number of nitrogen functional groups attached to an aromatic ring is 1. The van der Waals surface area contributed by atoms with E-state index in [9.17, 15) is 0 Å². The summed E-state index contributed by atoms with van der Waals surface area (Å²) in [7, 11) is 0. The molecule has 0 spiro atoms. The summed E-state index contributed by atoms with van der Waals surface area (Å²) in [6.45, 7) is 0.698. The van der Waals surface area contributed by atoms with E-state index in [-0.39, 0.29) is 5.84 Å². The number of hydrogen-bond acceptors (Lipinski definition) is 3. The number of nitrogens with one attached hydrogen (secondary N) is 1. The van der Waals surface area contributed by atoms with Crippen molar-refractivity contribution in [1.82, 2.24) is 14.5 Å². The van der Waals surface area contributed by atoms with Crippen molar-refractivity contribution in [1.29, 1.82) is 5.41 Å². The first-order valence-electron chi connectivity index (χ1n) is 7.05. The Hall–Kier alpha value is -2.95. The molecule has 3 aromatic rings. The quantitative estimate of drug-likeness (QED) is 0.558. The highest BCUT2D eigenvalue weighted by molar-refractivity contribution is 5.95. The number of nitrogens with two attached hydrogens (primary N) is 1. The molecule has 0 bridgehead atoms. The topological polar surface area (TPSA) is 80.6 Å². The second-order valence-electron chi connectivity index (χ2n) is 5.08. The van der Waals surface area contributed by atoms with Crippen LogP contribution in [0, 0.1) is 5.41 Å². The summed E-state index contributed by atoms with van der Waals surface area (Å²) in [6.07, 6.45) is 6.24. The number of benzene rings is 1. The van der Waals surface area contributed by atoms with Crippen molar-refractivity contribution in [3.63, 3.8) is 0 Å². The number of rotatable bonds is 5. The molecule has 0 saturated carbocycles. The van der Waals surface area contributed by atoms with Crippen LogP contribution in [0.5, 0.6) is 0 Å². The Kier molecular flexibility index (Phi) is 3.96. The maximum absolute atomic E-state index is 7.52. The van der Waals surface area contributed by atoms with E-state index in [4.69, 9.17) is 11.1 Å². The average molecular weight is 291 g/mol. The van der Waals surface area contributed by atoms with Crippen LogP contribution in [0.1, 0.15) is 22.6 Å². The Morgan fingerprint density at radius 3 is 2.77 bits per heavy atom. The molecule has 5 nitrogen and oxygen atoms in total. The molecule has 0 saturated heterocycles. The molecular weight excluding hydrogens is 274 g/mol. The molecule has 0 radical (unpaired) electrons. The molecule has 0 aliphatic rings. The summed E-state index contributed by atoms with van der Waals surface area (Å²) in [5.41, 5.74) is 8.37. The highest BCUT2D eigenvalue weighted by Crippen LogP contribution is 2.11. The zero-order chi connectivity index (χ0) is 15.4. The van der Waals surface area contributed by atoms with E-state index in [1.807, 2.05) is 48.7 Å². The van der Waals surface area contributed by atoms with Gasteiger partial charge in [0.15, 0.2) is 0 Å². The first-order chi connectivity index (χ1) is 10.7. The van der Waals surface area contributed by atoms with Crippen LogP contribution in [0.25, 0.3) is 0 Å². The predicted molar refractivity (Wildman–Crippen MR) is 85.8 cm³/mol. The number of hydrogen-bond donors (Lipinski definition) is 2. The third kappa shape index (κ3) is 3.20. The van der Waals surface area contributed by atoms with Crippen molar-refractivity contribution in [2.75, 3.05) is 0 Å². The van der Waals surface area contributed by atoms with Gasteiger partial charge < -0.3 is 10.3 Å². The molecule has 0 amide bonds. The lowest BCUT2D eigenvalue weighted by atomic mass is 10.1. The number of aromatic nitrogens is 3. The molecule has 3 N–H and O–H groups in total. The fraction of sp³-hybridized carbons (Fsp3) is 0.118. The zero-order valence-corrected chi connectivity index (χ0v) is 12.1. The van der Waals surface area contributed by atoms with Gasteiger partial charge in [0.1, 0.15) is 11.7 Å². The summed E-state index contributed by atoms with van der Waals surface area (Å²) in [6, 6.07) is 13.6. The van der Waals surface area contributed by atoms with Crippen molar-refractivity contribution in [2.24, 2.45) is 5.73 Å². The van der Waals surface area contributed by atoms with Gasteiger partial charge in [-0.1, -0.05) is 24.3 Å². The molecule has 0 atom stereocenters. The monoisotopic (exact) mass is 291 g/mol. The lowest BCUT2D eigenvalue weighted by Gasteiger charge is -2.09. The maximum Gasteiger partial charge on any atom is 0.122 e. The number of amidine groups is 1. The molecule has 1 aromatic carbocycles. The van der Waals surface area contributed by atoms with Gasteiger partial charge in [0.2, 0.25) is 0 Å². The second-order valence-corrected chi connectivity index (χ2v) is 5.08. The lowest BCUT2D eigenvalue weighted by molar-refractivity contribution is 0.735. The summed E-state index contributed by atoms with van der Waals surface area (Å²) >= 11 is 0. The zero-order valence-electron chi connectivity index (χ0n) is 12.1. The minimum atomic E-state index is 0.0844. The molecular formula is C17H17N5. The number of nitrogens with zero attached hydrogens (tertiary/aromatic N) is 3. The molecule has 110 valence electrons. The average Bonchev–Trinajstić information content (AvgIpc) is 2.95. The van der Waals surface area contributed by atoms with E-state index in [1.54, 1.807) is 12.4 Å². The molecule has 0 aliphatic carbocycles. The van der Waals surface area contributed by atoms with Gasteiger partial charge in [0.25, 0.3) is 0 Å². The van der Waals surface area contributed by atoms with Crippen LogP contribution in [0.15, 0.2) is 61.1 Å². The van der Waals surface area contributed by atoms with Crippen molar-refractivity contribution in [2.45, 2.75) is 13.0 Å². The third-order valence-corrected chi connectivity index (χ3v) is 3.46. The van der Waals surface area contributed by atoms with Crippen LogP contribution in [-0.4, -0.2) is 20.4 Å². The highest BCUT2D eigenvalue weighted by Gasteiger charge is 2.06. The van der Waals surface area contributed by atoms with E-state index in [0.29, 0.717) is 13.0 Å². The smallest absolute Gasteiger partial charge is 0.122 e. The van der Waals surface area contributed by atoms with Crippen molar-refractivity contribution in [3.05, 3.63) is 83.7 Å². The van der Waals surface area contributed by atoms with Crippen LogP contribution in [0.2, 0.25) is 0 Å².